The van der Waals surface area contributed by atoms with Crippen LogP contribution >= 0.6 is 27.5 Å². The third-order valence-corrected chi connectivity index (χ3v) is 4.41. The molecule has 106 valence electrons. The zero-order valence-corrected chi connectivity index (χ0v) is 13.7. The van der Waals surface area contributed by atoms with E-state index < -0.39 is 0 Å². The Labute approximate surface area is 132 Å². The summed E-state index contributed by atoms with van der Waals surface area (Å²) in [5.74, 6) is -0.228. The number of hydrogen-bond acceptors (Lipinski definition) is 1. The molecule has 0 heterocycles. The molecule has 1 nitrogen and oxygen atoms in total. The van der Waals surface area contributed by atoms with Gasteiger partial charge in [-0.2, -0.15) is 0 Å². The highest BCUT2D eigenvalue weighted by atomic mass is 79.9. The Hall–Kier alpha value is -0.900. The summed E-state index contributed by atoms with van der Waals surface area (Å²) in [6.45, 7) is 4.67. The second-order valence-electron chi connectivity index (χ2n) is 4.70. The molecule has 0 aliphatic carbocycles. The number of hydrogen-bond donors (Lipinski definition) is 1. The maximum Gasteiger partial charge on any atom is 0.123 e. The molecule has 2 aromatic carbocycles. The molecule has 1 N–H and O–H groups in total. The van der Waals surface area contributed by atoms with Crippen molar-refractivity contribution in [2.75, 3.05) is 6.54 Å². The predicted molar refractivity (Wildman–Crippen MR) is 85.8 cm³/mol. The first-order valence-corrected chi connectivity index (χ1v) is 7.64. The predicted octanol–water partition coefficient (Wildman–Crippen LogP) is 5.25. The number of aryl methyl sites for hydroxylation is 1. The molecule has 1 atom stereocenters. The molecule has 0 fully saturated rings. The summed E-state index contributed by atoms with van der Waals surface area (Å²) in [5, 5.41) is 4.02. The van der Waals surface area contributed by atoms with E-state index in [1.807, 2.05) is 38.1 Å². The van der Waals surface area contributed by atoms with Crippen LogP contribution in [0.25, 0.3) is 0 Å². The lowest BCUT2D eigenvalue weighted by molar-refractivity contribution is 0.602. The normalized spacial score (nSPS) is 12.4. The lowest BCUT2D eigenvalue weighted by atomic mass is 9.97. The Balaban J connectivity index is 2.53. The third kappa shape index (κ3) is 3.40. The van der Waals surface area contributed by atoms with Crippen LogP contribution in [0.3, 0.4) is 0 Å². The number of rotatable bonds is 4. The molecule has 0 aromatic heterocycles. The van der Waals surface area contributed by atoms with Gasteiger partial charge >= 0.3 is 0 Å². The van der Waals surface area contributed by atoms with Crippen LogP contribution in [0.5, 0.6) is 0 Å². The molecule has 0 amide bonds. The van der Waals surface area contributed by atoms with Gasteiger partial charge in [-0.25, -0.2) is 4.39 Å². The van der Waals surface area contributed by atoms with E-state index in [-0.39, 0.29) is 11.9 Å². The van der Waals surface area contributed by atoms with Crippen molar-refractivity contribution in [2.45, 2.75) is 19.9 Å². The van der Waals surface area contributed by atoms with E-state index >= 15 is 0 Å². The molecular formula is C16H16BrClFN. The zero-order valence-electron chi connectivity index (χ0n) is 11.4. The van der Waals surface area contributed by atoms with E-state index in [1.54, 1.807) is 6.07 Å². The van der Waals surface area contributed by atoms with Gasteiger partial charge in [0.2, 0.25) is 0 Å². The van der Waals surface area contributed by atoms with Crippen molar-refractivity contribution in [3.8, 4) is 0 Å². The van der Waals surface area contributed by atoms with Crippen molar-refractivity contribution in [1.29, 1.82) is 0 Å². The van der Waals surface area contributed by atoms with Gasteiger partial charge in [-0.15, -0.1) is 0 Å². The highest BCUT2D eigenvalue weighted by Gasteiger charge is 2.18. The smallest absolute Gasteiger partial charge is 0.123 e. The number of halogens is 3. The highest BCUT2D eigenvalue weighted by molar-refractivity contribution is 9.10. The molecule has 4 heteroatoms. The molecule has 0 radical (unpaired) electrons. The van der Waals surface area contributed by atoms with Crippen LogP contribution < -0.4 is 5.32 Å². The maximum absolute atomic E-state index is 13.7. The number of nitrogens with one attached hydrogen (secondary N) is 1. The van der Waals surface area contributed by atoms with Crippen molar-refractivity contribution in [3.63, 3.8) is 0 Å². The van der Waals surface area contributed by atoms with Gasteiger partial charge in [-0.1, -0.05) is 36.7 Å². The molecule has 2 aromatic rings. The fraction of sp³-hybridized carbons (Fsp3) is 0.250. The third-order valence-electron chi connectivity index (χ3n) is 3.10. The topological polar surface area (TPSA) is 12.0 Å². The van der Waals surface area contributed by atoms with Crippen LogP contribution in [-0.2, 0) is 0 Å². The molecule has 0 saturated carbocycles. The molecule has 0 spiro atoms. The summed E-state index contributed by atoms with van der Waals surface area (Å²) in [4.78, 5) is 0. The molecule has 0 bridgehead atoms. The summed E-state index contributed by atoms with van der Waals surface area (Å²) in [7, 11) is 0. The van der Waals surface area contributed by atoms with Crippen LogP contribution in [0.15, 0.2) is 40.9 Å². The SMILES string of the molecule is CCNC(c1cc(C)cc(F)c1)c1cccc(Br)c1Cl. The van der Waals surface area contributed by atoms with Crippen molar-refractivity contribution in [3.05, 3.63) is 68.4 Å². The lowest BCUT2D eigenvalue weighted by Gasteiger charge is -2.21. The molecule has 1 unspecified atom stereocenters. The fourth-order valence-corrected chi connectivity index (χ4v) is 2.90. The van der Waals surface area contributed by atoms with E-state index in [0.717, 1.165) is 27.7 Å². The fourth-order valence-electron chi connectivity index (χ4n) is 2.29. The van der Waals surface area contributed by atoms with Gasteiger partial charge in [-0.3, -0.25) is 0 Å². The molecular weight excluding hydrogens is 341 g/mol. The van der Waals surface area contributed by atoms with Crippen molar-refractivity contribution in [2.24, 2.45) is 0 Å². The standard InChI is InChI=1S/C16H16BrClFN/c1-3-20-16(11-7-10(2)8-12(19)9-11)13-5-4-6-14(17)15(13)18/h4-9,16,20H,3H2,1-2H3. The minimum Gasteiger partial charge on any atom is -0.306 e. The molecule has 2 rings (SSSR count). The average molecular weight is 357 g/mol. The van der Waals surface area contributed by atoms with Crippen LogP contribution in [0, 0.1) is 12.7 Å². The molecule has 0 aliphatic heterocycles. The monoisotopic (exact) mass is 355 g/mol. The summed E-state index contributed by atoms with van der Waals surface area (Å²) < 4.78 is 14.5. The van der Waals surface area contributed by atoms with E-state index in [9.17, 15) is 4.39 Å². The minimum absolute atomic E-state index is 0.126. The van der Waals surface area contributed by atoms with Gasteiger partial charge in [-0.05, 0) is 64.3 Å². The molecule has 0 aliphatic rings. The van der Waals surface area contributed by atoms with Gasteiger partial charge in [0.25, 0.3) is 0 Å². The molecule has 20 heavy (non-hydrogen) atoms. The largest absolute Gasteiger partial charge is 0.306 e. The van der Waals surface area contributed by atoms with Gasteiger partial charge in [0.05, 0.1) is 11.1 Å². The van der Waals surface area contributed by atoms with Gasteiger partial charge in [0.15, 0.2) is 0 Å². The van der Waals surface area contributed by atoms with Gasteiger partial charge in [0, 0.05) is 4.47 Å². The average Bonchev–Trinajstić information content (AvgIpc) is 2.38. The lowest BCUT2D eigenvalue weighted by Crippen LogP contribution is -2.22. The Kier molecular flexibility index (Phi) is 5.19. The first-order chi connectivity index (χ1) is 9.52. The van der Waals surface area contributed by atoms with Crippen molar-refractivity contribution >= 4 is 27.5 Å². The second kappa shape index (κ2) is 6.70. The Bertz CT molecular complexity index is 595. The van der Waals surface area contributed by atoms with Crippen LogP contribution in [-0.4, -0.2) is 6.54 Å². The van der Waals surface area contributed by atoms with Gasteiger partial charge in [0.1, 0.15) is 5.82 Å². The van der Waals surface area contributed by atoms with Crippen molar-refractivity contribution < 1.29 is 4.39 Å². The summed E-state index contributed by atoms with van der Waals surface area (Å²) >= 11 is 9.81. The first kappa shape index (κ1) is 15.5. The van der Waals surface area contributed by atoms with Gasteiger partial charge < -0.3 is 5.32 Å². The highest BCUT2D eigenvalue weighted by Crippen LogP contribution is 2.33. The summed E-state index contributed by atoms with van der Waals surface area (Å²) in [6.07, 6.45) is 0. The van der Waals surface area contributed by atoms with Crippen LogP contribution in [0.2, 0.25) is 5.02 Å². The zero-order chi connectivity index (χ0) is 14.7. The first-order valence-electron chi connectivity index (χ1n) is 6.47. The summed E-state index contributed by atoms with van der Waals surface area (Å²) in [6, 6.07) is 10.7. The van der Waals surface area contributed by atoms with E-state index in [0.29, 0.717) is 5.02 Å². The van der Waals surface area contributed by atoms with E-state index in [1.165, 1.54) is 6.07 Å². The minimum atomic E-state index is -0.228. The second-order valence-corrected chi connectivity index (χ2v) is 5.93. The van der Waals surface area contributed by atoms with Crippen molar-refractivity contribution in [1.82, 2.24) is 5.32 Å². The van der Waals surface area contributed by atoms with E-state index in [4.69, 9.17) is 11.6 Å². The Morgan fingerprint density at radius 2 is 2.05 bits per heavy atom. The maximum atomic E-state index is 13.7. The quantitative estimate of drug-likeness (QED) is 0.789. The molecule has 0 saturated heterocycles. The number of benzene rings is 2. The van der Waals surface area contributed by atoms with Crippen LogP contribution in [0.1, 0.15) is 29.7 Å². The Morgan fingerprint density at radius 1 is 1.30 bits per heavy atom. The summed E-state index contributed by atoms with van der Waals surface area (Å²) in [5.41, 5.74) is 2.71. The van der Waals surface area contributed by atoms with E-state index in [2.05, 4.69) is 21.2 Å². The van der Waals surface area contributed by atoms with Crippen LogP contribution in [0.4, 0.5) is 4.39 Å². The Morgan fingerprint density at radius 3 is 2.70 bits per heavy atom.